The third kappa shape index (κ3) is 8.17. The van der Waals surface area contributed by atoms with Gasteiger partial charge in [-0.25, -0.2) is 0 Å². The molecule has 120 valence electrons. The molecule has 0 bridgehead atoms. The minimum absolute atomic E-state index is 0.216. The second kappa shape index (κ2) is 11.5. The van der Waals surface area contributed by atoms with Gasteiger partial charge in [0.15, 0.2) is 0 Å². The van der Waals surface area contributed by atoms with Crippen LogP contribution in [0.4, 0.5) is 0 Å². The molecule has 3 N–H and O–H groups in total. The molecule has 1 saturated heterocycles. The average molecular weight is 289 g/mol. The highest BCUT2D eigenvalue weighted by molar-refractivity contribution is 4.67. The maximum atomic E-state index is 9.82. The van der Waals surface area contributed by atoms with Crippen molar-refractivity contribution >= 4 is 0 Å². The summed E-state index contributed by atoms with van der Waals surface area (Å²) >= 11 is 0. The lowest BCUT2D eigenvalue weighted by Crippen LogP contribution is -2.34. The van der Waals surface area contributed by atoms with E-state index in [1.807, 2.05) is 0 Å². The number of aliphatic hydroxyl groups excluding tert-OH is 2. The zero-order chi connectivity index (χ0) is 14.6. The lowest BCUT2D eigenvalue weighted by Gasteiger charge is -2.18. The molecule has 5 nitrogen and oxygen atoms in total. The van der Waals surface area contributed by atoms with E-state index in [-0.39, 0.29) is 12.7 Å². The van der Waals surface area contributed by atoms with Gasteiger partial charge >= 0.3 is 0 Å². The second-order valence-corrected chi connectivity index (χ2v) is 5.65. The van der Waals surface area contributed by atoms with Crippen molar-refractivity contribution in [2.24, 2.45) is 5.92 Å². The van der Waals surface area contributed by atoms with Gasteiger partial charge in [-0.1, -0.05) is 13.3 Å². The van der Waals surface area contributed by atoms with Gasteiger partial charge in [-0.2, -0.15) is 0 Å². The Morgan fingerprint density at radius 3 is 2.85 bits per heavy atom. The van der Waals surface area contributed by atoms with E-state index in [0.717, 1.165) is 45.3 Å². The Bertz CT molecular complexity index is 216. The minimum Gasteiger partial charge on any atom is -0.396 e. The lowest BCUT2D eigenvalue weighted by atomic mass is 10.0. The van der Waals surface area contributed by atoms with Gasteiger partial charge in [0, 0.05) is 19.8 Å². The van der Waals surface area contributed by atoms with Gasteiger partial charge in [-0.05, 0) is 38.1 Å². The van der Waals surface area contributed by atoms with E-state index in [0.29, 0.717) is 25.7 Å². The SMILES string of the molecule is CCCC(CCO)CNCC(O)COCC1CCCO1. The van der Waals surface area contributed by atoms with Crippen LogP contribution in [0.1, 0.15) is 39.0 Å². The second-order valence-electron chi connectivity index (χ2n) is 5.65. The molecule has 0 aromatic heterocycles. The number of nitrogens with one attached hydrogen (secondary N) is 1. The van der Waals surface area contributed by atoms with E-state index in [1.165, 1.54) is 0 Å². The van der Waals surface area contributed by atoms with Gasteiger partial charge in [0.1, 0.15) is 0 Å². The van der Waals surface area contributed by atoms with Crippen LogP contribution < -0.4 is 5.32 Å². The number of aliphatic hydroxyl groups is 2. The Labute approximate surface area is 122 Å². The van der Waals surface area contributed by atoms with E-state index in [4.69, 9.17) is 14.6 Å². The molecule has 0 saturated carbocycles. The fourth-order valence-corrected chi connectivity index (χ4v) is 2.56. The third-order valence-electron chi connectivity index (χ3n) is 3.69. The van der Waals surface area contributed by atoms with E-state index < -0.39 is 6.10 Å². The zero-order valence-corrected chi connectivity index (χ0v) is 12.7. The van der Waals surface area contributed by atoms with Crippen molar-refractivity contribution in [3.05, 3.63) is 0 Å². The summed E-state index contributed by atoms with van der Waals surface area (Å²) in [6, 6.07) is 0. The maximum Gasteiger partial charge on any atom is 0.0897 e. The van der Waals surface area contributed by atoms with Crippen molar-refractivity contribution in [1.29, 1.82) is 0 Å². The molecule has 3 atom stereocenters. The first-order valence-corrected chi connectivity index (χ1v) is 7.95. The topological polar surface area (TPSA) is 71.0 Å². The molecular formula is C15H31NO4. The van der Waals surface area contributed by atoms with Crippen LogP contribution in [-0.2, 0) is 9.47 Å². The number of hydrogen-bond donors (Lipinski definition) is 3. The van der Waals surface area contributed by atoms with Crippen molar-refractivity contribution in [3.63, 3.8) is 0 Å². The molecule has 0 aliphatic carbocycles. The minimum atomic E-state index is -0.479. The summed E-state index contributed by atoms with van der Waals surface area (Å²) in [5.41, 5.74) is 0. The third-order valence-corrected chi connectivity index (χ3v) is 3.69. The van der Waals surface area contributed by atoms with Gasteiger partial charge in [0.25, 0.3) is 0 Å². The standard InChI is InChI=1S/C15H31NO4/c1-2-4-13(6-7-17)9-16-10-14(18)11-19-12-15-5-3-8-20-15/h13-18H,2-12H2,1H3. The molecule has 0 amide bonds. The normalized spacial score (nSPS) is 22.1. The first kappa shape index (κ1) is 17.9. The monoisotopic (exact) mass is 289 g/mol. The van der Waals surface area contributed by atoms with Crippen LogP contribution in [0, 0.1) is 5.92 Å². The largest absolute Gasteiger partial charge is 0.396 e. The Balaban J connectivity index is 1.98. The highest BCUT2D eigenvalue weighted by Gasteiger charge is 2.16. The molecule has 0 radical (unpaired) electrons. The predicted octanol–water partition coefficient (Wildman–Crippen LogP) is 0.931. The number of ether oxygens (including phenoxy) is 2. The van der Waals surface area contributed by atoms with E-state index in [9.17, 15) is 5.11 Å². The Kier molecular flexibility index (Phi) is 10.2. The van der Waals surface area contributed by atoms with Crippen molar-refractivity contribution < 1.29 is 19.7 Å². The molecular weight excluding hydrogens is 258 g/mol. The summed E-state index contributed by atoms with van der Waals surface area (Å²) in [4.78, 5) is 0. The van der Waals surface area contributed by atoms with Gasteiger partial charge in [-0.3, -0.25) is 0 Å². The quantitative estimate of drug-likeness (QED) is 0.498. The summed E-state index contributed by atoms with van der Waals surface area (Å²) in [6.45, 7) is 5.54. The van der Waals surface area contributed by atoms with Crippen LogP contribution in [0.25, 0.3) is 0 Å². The Morgan fingerprint density at radius 2 is 2.20 bits per heavy atom. The number of rotatable bonds is 12. The molecule has 5 heteroatoms. The number of hydrogen-bond acceptors (Lipinski definition) is 5. The van der Waals surface area contributed by atoms with Gasteiger partial charge in [0.2, 0.25) is 0 Å². The Hall–Kier alpha value is -0.200. The molecule has 20 heavy (non-hydrogen) atoms. The molecule has 1 rings (SSSR count). The average Bonchev–Trinajstić information content (AvgIpc) is 2.92. The summed E-state index contributed by atoms with van der Waals surface area (Å²) in [5, 5.41) is 22.1. The van der Waals surface area contributed by atoms with E-state index >= 15 is 0 Å². The highest BCUT2D eigenvalue weighted by Crippen LogP contribution is 2.12. The van der Waals surface area contributed by atoms with Gasteiger partial charge in [0.05, 0.1) is 25.4 Å². The van der Waals surface area contributed by atoms with Crippen LogP contribution in [-0.4, -0.2) is 61.9 Å². The highest BCUT2D eigenvalue weighted by atomic mass is 16.5. The van der Waals surface area contributed by atoms with Crippen LogP contribution in [0.3, 0.4) is 0 Å². The first-order valence-electron chi connectivity index (χ1n) is 7.95. The van der Waals surface area contributed by atoms with Crippen molar-refractivity contribution in [3.8, 4) is 0 Å². The smallest absolute Gasteiger partial charge is 0.0897 e. The molecule has 1 aliphatic rings. The zero-order valence-electron chi connectivity index (χ0n) is 12.7. The molecule has 0 spiro atoms. The fraction of sp³-hybridized carbons (Fsp3) is 1.00. The van der Waals surface area contributed by atoms with Crippen molar-refractivity contribution in [2.75, 3.05) is 39.5 Å². The molecule has 1 heterocycles. The molecule has 3 unspecified atom stereocenters. The lowest BCUT2D eigenvalue weighted by molar-refractivity contribution is -0.0165. The molecule has 0 aromatic rings. The van der Waals surface area contributed by atoms with Crippen LogP contribution >= 0.6 is 0 Å². The van der Waals surface area contributed by atoms with Gasteiger partial charge in [-0.15, -0.1) is 0 Å². The van der Waals surface area contributed by atoms with Crippen molar-refractivity contribution in [1.82, 2.24) is 5.32 Å². The predicted molar refractivity (Wildman–Crippen MR) is 78.8 cm³/mol. The molecule has 1 aliphatic heterocycles. The van der Waals surface area contributed by atoms with E-state index in [1.54, 1.807) is 0 Å². The van der Waals surface area contributed by atoms with Crippen molar-refractivity contribution in [2.45, 2.75) is 51.2 Å². The summed E-state index contributed by atoms with van der Waals surface area (Å²) in [7, 11) is 0. The van der Waals surface area contributed by atoms with E-state index in [2.05, 4.69) is 12.2 Å². The summed E-state index contributed by atoms with van der Waals surface area (Å²) in [5.74, 6) is 0.491. The van der Waals surface area contributed by atoms with Crippen LogP contribution in [0.15, 0.2) is 0 Å². The van der Waals surface area contributed by atoms with Crippen LogP contribution in [0.2, 0.25) is 0 Å². The molecule has 0 aromatic carbocycles. The van der Waals surface area contributed by atoms with Gasteiger partial charge < -0.3 is 25.0 Å². The maximum absolute atomic E-state index is 9.82. The first-order chi connectivity index (χ1) is 9.76. The fourth-order valence-electron chi connectivity index (χ4n) is 2.56. The summed E-state index contributed by atoms with van der Waals surface area (Å²) < 4.78 is 10.9. The molecule has 1 fully saturated rings. The van der Waals surface area contributed by atoms with Crippen LogP contribution in [0.5, 0.6) is 0 Å². The summed E-state index contributed by atoms with van der Waals surface area (Å²) in [6.07, 6.45) is 4.97. The Morgan fingerprint density at radius 1 is 1.35 bits per heavy atom.